The summed E-state index contributed by atoms with van der Waals surface area (Å²) < 4.78 is 6.45. The summed E-state index contributed by atoms with van der Waals surface area (Å²) >= 11 is 1.45. The summed E-state index contributed by atoms with van der Waals surface area (Å²) in [4.78, 5) is 17.2. The van der Waals surface area contributed by atoms with Crippen LogP contribution in [0.5, 0.6) is 5.75 Å². The molecule has 0 bridgehead atoms. The summed E-state index contributed by atoms with van der Waals surface area (Å²) in [6, 6.07) is 21.6. The Hall–Kier alpha value is -3.18. The third kappa shape index (κ3) is 3.41. The van der Waals surface area contributed by atoms with Crippen LogP contribution in [0.4, 0.5) is 5.13 Å². The first-order valence-electron chi connectivity index (χ1n) is 8.56. The monoisotopic (exact) mass is 374 g/mol. The molecule has 27 heavy (non-hydrogen) atoms. The highest BCUT2D eigenvalue weighted by atomic mass is 32.1. The molecule has 1 aromatic heterocycles. The zero-order valence-corrected chi connectivity index (χ0v) is 15.8. The predicted octanol–water partition coefficient (Wildman–Crippen LogP) is 5.53. The Morgan fingerprint density at radius 1 is 1.04 bits per heavy atom. The van der Waals surface area contributed by atoms with E-state index in [1.54, 1.807) is 13.2 Å². The van der Waals surface area contributed by atoms with Gasteiger partial charge in [0, 0.05) is 11.1 Å². The van der Waals surface area contributed by atoms with Gasteiger partial charge in [0.2, 0.25) is 0 Å². The number of nitrogens with zero attached hydrogens (tertiary/aromatic N) is 1. The number of amides is 1. The van der Waals surface area contributed by atoms with Crippen molar-refractivity contribution in [3.8, 4) is 16.9 Å². The molecule has 3 aromatic carbocycles. The number of carbonyl (C=O) groups excluding carboxylic acids is 1. The maximum Gasteiger partial charge on any atom is 0.257 e. The molecule has 0 unspecified atom stereocenters. The van der Waals surface area contributed by atoms with Crippen molar-refractivity contribution in [2.45, 2.75) is 6.92 Å². The number of hydrogen-bond donors (Lipinski definition) is 1. The fourth-order valence-electron chi connectivity index (χ4n) is 3.00. The van der Waals surface area contributed by atoms with E-state index in [1.807, 2.05) is 55.5 Å². The van der Waals surface area contributed by atoms with E-state index in [1.165, 1.54) is 11.3 Å². The third-order valence-corrected chi connectivity index (χ3v) is 5.32. The van der Waals surface area contributed by atoms with Gasteiger partial charge in [-0.15, -0.1) is 0 Å². The molecule has 1 N–H and O–H groups in total. The number of benzene rings is 3. The van der Waals surface area contributed by atoms with Crippen LogP contribution in [-0.4, -0.2) is 18.0 Å². The van der Waals surface area contributed by atoms with Crippen LogP contribution in [0.2, 0.25) is 0 Å². The van der Waals surface area contributed by atoms with Gasteiger partial charge in [0.1, 0.15) is 11.3 Å². The molecule has 0 fully saturated rings. The third-order valence-electron chi connectivity index (χ3n) is 4.31. The van der Waals surface area contributed by atoms with Crippen molar-refractivity contribution in [3.05, 3.63) is 77.9 Å². The minimum absolute atomic E-state index is 0.169. The van der Waals surface area contributed by atoms with E-state index in [9.17, 15) is 4.79 Å². The van der Waals surface area contributed by atoms with Gasteiger partial charge in [-0.1, -0.05) is 59.4 Å². The second-order valence-electron chi connectivity index (χ2n) is 6.20. The number of thiazole rings is 1. The fraction of sp³-hybridized carbons (Fsp3) is 0.0909. The molecule has 0 radical (unpaired) electrons. The van der Waals surface area contributed by atoms with Crippen molar-refractivity contribution in [3.63, 3.8) is 0 Å². The van der Waals surface area contributed by atoms with Crippen molar-refractivity contribution in [2.75, 3.05) is 12.4 Å². The number of hydrogen-bond acceptors (Lipinski definition) is 4. The summed E-state index contributed by atoms with van der Waals surface area (Å²) in [6.07, 6.45) is 0. The molecular weight excluding hydrogens is 356 g/mol. The molecule has 5 heteroatoms. The lowest BCUT2D eigenvalue weighted by Gasteiger charge is -2.05. The van der Waals surface area contributed by atoms with Crippen molar-refractivity contribution in [2.24, 2.45) is 0 Å². The molecule has 1 heterocycles. The van der Waals surface area contributed by atoms with Gasteiger partial charge in [-0.2, -0.15) is 0 Å². The Bertz CT molecular complexity index is 1120. The molecule has 0 aliphatic carbocycles. The van der Waals surface area contributed by atoms with E-state index < -0.39 is 0 Å². The lowest BCUT2D eigenvalue weighted by atomic mass is 10.1. The first-order chi connectivity index (χ1) is 13.2. The van der Waals surface area contributed by atoms with E-state index >= 15 is 0 Å². The van der Waals surface area contributed by atoms with E-state index in [4.69, 9.17) is 4.74 Å². The standard InChI is InChI=1S/C22H18N2O2S/c1-14-7-6-10-16(13-14)21(25)24-22-23-19-18(26-2)12-11-17(20(19)27-22)15-8-4-3-5-9-15/h3-13H,1-2H3,(H,23,24,25). The van der Waals surface area contributed by atoms with E-state index in [-0.39, 0.29) is 5.91 Å². The average Bonchev–Trinajstić information content (AvgIpc) is 3.11. The summed E-state index contributed by atoms with van der Waals surface area (Å²) in [5, 5.41) is 3.47. The molecule has 134 valence electrons. The zero-order valence-electron chi connectivity index (χ0n) is 15.0. The molecular formula is C22H18N2O2S. The van der Waals surface area contributed by atoms with Gasteiger partial charge in [0.05, 0.1) is 11.8 Å². The van der Waals surface area contributed by atoms with Gasteiger partial charge in [0.15, 0.2) is 5.13 Å². The predicted molar refractivity (Wildman–Crippen MR) is 111 cm³/mol. The Morgan fingerprint density at radius 2 is 1.85 bits per heavy atom. The minimum Gasteiger partial charge on any atom is -0.494 e. The molecule has 0 aliphatic heterocycles. The first-order valence-corrected chi connectivity index (χ1v) is 9.38. The lowest BCUT2D eigenvalue weighted by molar-refractivity contribution is 0.102. The van der Waals surface area contributed by atoms with Gasteiger partial charge < -0.3 is 4.74 Å². The van der Waals surface area contributed by atoms with Gasteiger partial charge in [-0.25, -0.2) is 4.98 Å². The largest absolute Gasteiger partial charge is 0.494 e. The van der Waals surface area contributed by atoms with Crippen LogP contribution in [0.3, 0.4) is 0 Å². The van der Waals surface area contributed by atoms with Crippen LogP contribution in [0.1, 0.15) is 15.9 Å². The second kappa shape index (κ2) is 7.21. The number of aromatic nitrogens is 1. The number of aryl methyl sites for hydroxylation is 1. The van der Waals surface area contributed by atoms with Crippen LogP contribution in [0, 0.1) is 6.92 Å². The second-order valence-corrected chi connectivity index (χ2v) is 7.20. The van der Waals surface area contributed by atoms with Crippen LogP contribution < -0.4 is 10.1 Å². The maximum atomic E-state index is 12.6. The normalized spacial score (nSPS) is 10.7. The quantitative estimate of drug-likeness (QED) is 0.511. The molecule has 1 amide bonds. The number of anilines is 1. The highest BCUT2D eigenvalue weighted by Crippen LogP contribution is 2.39. The molecule has 4 aromatic rings. The lowest BCUT2D eigenvalue weighted by Crippen LogP contribution is -2.11. The van der Waals surface area contributed by atoms with Crippen LogP contribution in [0.15, 0.2) is 66.7 Å². The van der Waals surface area contributed by atoms with Crippen LogP contribution >= 0.6 is 11.3 Å². The number of carbonyl (C=O) groups is 1. The van der Waals surface area contributed by atoms with E-state index in [0.717, 1.165) is 26.9 Å². The number of ether oxygens (including phenoxy) is 1. The fourth-order valence-corrected chi connectivity index (χ4v) is 4.01. The summed E-state index contributed by atoms with van der Waals surface area (Å²) in [5.74, 6) is 0.523. The Balaban J connectivity index is 1.76. The zero-order chi connectivity index (χ0) is 18.8. The highest BCUT2D eigenvalue weighted by Gasteiger charge is 2.16. The molecule has 0 aliphatic rings. The Kier molecular flexibility index (Phi) is 4.60. The van der Waals surface area contributed by atoms with Gasteiger partial charge >= 0.3 is 0 Å². The molecule has 4 nitrogen and oxygen atoms in total. The number of fused-ring (bicyclic) bond motifs is 1. The highest BCUT2D eigenvalue weighted by molar-refractivity contribution is 7.23. The van der Waals surface area contributed by atoms with Crippen LogP contribution in [0.25, 0.3) is 21.3 Å². The minimum atomic E-state index is -0.169. The Labute approximate surface area is 161 Å². The van der Waals surface area contributed by atoms with Gasteiger partial charge in [-0.05, 0) is 36.8 Å². The molecule has 0 saturated heterocycles. The molecule has 0 saturated carbocycles. The van der Waals surface area contributed by atoms with E-state index in [2.05, 4.69) is 22.4 Å². The van der Waals surface area contributed by atoms with Gasteiger partial charge in [0.25, 0.3) is 5.91 Å². The maximum absolute atomic E-state index is 12.6. The topological polar surface area (TPSA) is 51.2 Å². The van der Waals surface area contributed by atoms with Crippen molar-refractivity contribution >= 4 is 32.6 Å². The smallest absolute Gasteiger partial charge is 0.257 e. The number of methoxy groups -OCH3 is 1. The van der Waals surface area contributed by atoms with Crippen molar-refractivity contribution in [1.29, 1.82) is 0 Å². The van der Waals surface area contributed by atoms with Crippen molar-refractivity contribution < 1.29 is 9.53 Å². The number of rotatable bonds is 4. The van der Waals surface area contributed by atoms with E-state index in [0.29, 0.717) is 16.4 Å². The van der Waals surface area contributed by atoms with Gasteiger partial charge in [-0.3, -0.25) is 10.1 Å². The summed E-state index contributed by atoms with van der Waals surface area (Å²) in [5.41, 5.74) is 4.58. The molecule has 0 atom stereocenters. The average molecular weight is 374 g/mol. The van der Waals surface area contributed by atoms with Crippen molar-refractivity contribution in [1.82, 2.24) is 4.98 Å². The summed E-state index contributed by atoms with van der Waals surface area (Å²) in [6.45, 7) is 1.96. The molecule has 4 rings (SSSR count). The SMILES string of the molecule is COc1ccc(-c2ccccc2)c2sc(NC(=O)c3cccc(C)c3)nc12. The van der Waals surface area contributed by atoms with Crippen LogP contribution in [-0.2, 0) is 0 Å². The summed E-state index contributed by atoms with van der Waals surface area (Å²) in [7, 11) is 1.63. The Morgan fingerprint density at radius 3 is 2.59 bits per heavy atom. The first kappa shape index (κ1) is 17.2. The molecule has 0 spiro atoms. The number of nitrogens with one attached hydrogen (secondary N) is 1.